The Kier molecular flexibility index (Phi) is 3.74. The largest absolute Gasteiger partial charge is 0.376 e. The number of halogens is 1. The Morgan fingerprint density at radius 1 is 1.23 bits per heavy atom. The lowest BCUT2D eigenvalue weighted by atomic mass is 9.81. The highest BCUT2D eigenvalue weighted by Crippen LogP contribution is 2.40. The summed E-state index contributed by atoms with van der Waals surface area (Å²) in [5.74, 6) is 1.60. The van der Waals surface area contributed by atoms with Crippen molar-refractivity contribution in [3.8, 4) is 0 Å². The van der Waals surface area contributed by atoms with Crippen LogP contribution in [0.3, 0.4) is 0 Å². The monoisotopic (exact) mass is 356 g/mol. The molecule has 3 aliphatic rings. The van der Waals surface area contributed by atoms with E-state index >= 15 is 0 Å². The van der Waals surface area contributed by atoms with E-state index in [0.29, 0.717) is 31.7 Å². The van der Waals surface area contributed by atoms with Gasteiger partial charge in [-0.3, -0.25) is 0 Å². The van der Waals surface area contributed by atoms with Crippen LogP contribution < -0.4 is 10.2 Å². The third kappa shape index (κ3) is 2.88. The summed E-state index contributed by atoms with van der Waals surface area (Å²) in [6.07, 6.45) is 7.79. The highest BCUT2D eigenvalue weighted by Gasteiger charge is 2.45. The van der Waals surface area contributed by atoms with Crippen molar-refractivity contribution in [1.82, 2.24) is 19.9 Å². The molecule has 1 saturated heterocycles. The van der Waals surface area contributed by atoms with Crippen molar-refractivity contribution in [3.05, 3.63) is 35.7 Å². The summed E-state index contributed by atoms with van der Waals surface area (Å²) >= 11 is 0. The molecule has 26 heavy (non-hydrogen) atoms. The summed E-state index contributed by atoms with van der Waals surface area (Å²) < 4.78 is 19.0. The van der Waals surface area contributed by atoms with E-state index < -0.39 is 5.82 Å². The van der Waals surface area contributed by atoms with Crippen LogP contribution in [0.4, 0.5) is 16.3 Å². The van der Waals surface area contributed by atoms with Crippen molar-refractivity contribution in [2.24, 2.45) is 5.92 Å². The highest BCUT2D eigenvalue weighted by molar-refractivity contribution is 5.42. The van der Waals surface area contributed by atoms with Gasteiger partial charge >= 0.3 is 0 Å². The van der Waals surface area contributed by atoms with E-state index in [2.05, 4.69) is 25.2 Å². The average Bonchev–Trinajstić information content (AvgIpc) is 3.41. The highest BCUT2D eigenvalue weighted by atomic mass is 19.1. The van der Waals surface area contributed by atoms with Crippen LogP contribution in [0.25, 0.3) is 0 Å². The SMILES string of the molecule is Fc1cnc(N2CC[C@@]3(COCc4cnc(NCC5CC5)nc43)C2)nc1. The third-order valence-electron chi connectivity index (χ3n) is 5.49. The van der Waals surface area contributed by atoms with E-state index in [1.807, 2.05) is 6.20 Å². The van der Waals surface area contributed by atoms with Crippen molar-refractivity contribution in [2.75, 3.05) is 36.5 Å². The van der Waals surface area contributed by atoms with Crippen molar-refractivity contribution >= 4 is 11.9 Å². The minimum atomic E-state index is -0.423. The standard InChI is InChI=1S/C18H21FN6O/c19-14-7-22-17(23-8-14)25-4-3-18(10-25)11-26-9-13-6-21-16(24-15(13)18)20-5-12-1-2-12/h6-8,12H,1-5,9-11H2,(H,20,21,24)/t18-/m0/s1. The summed E-state index contributed by atoms with van der Waals surface area (Å²) in [5, 5.41) is 3.37. The number of fused-ring (bicyclic) bond motifs is 2. The Morgan fingerprint density at radius 2 is 2.08 bits per heavy atom. The Morgan fingerprint density at radius 3 is 2.88 bits per heavy atom. The predicted octanol–water partition coefficient (Wildman–Crippen LogP) is 1.91. The molecule has 2 aliphatic heterocycles. The Hall–Kier alpha value is -2.35. The molecule has 2 aromatic heterocycles. The van der Waals surface area contributed by atoms with Gasteiger partial charge in [0.2, 0.25) is 11.9 Å². The Labute approximate surface area is 151 Å². The molecule has 1 spiro atoms. The van der Waals surface area contributed by atoms with Gasteiger partial charge in [-0.15, -0.1) is 0 Å². The molecule has 2 aromatic rings. The van der Waals surface area contributed by atoms with Gasteiger partial charge in [-0.1, -0.05) is 0 Å². The smallest absolute Gasteiger partial charge is 0.225 e. The van der Waals surface area contributed by atoms with Crippen LogP contribution in [0.15, 0.2) is 18.6 Å². The first-order chi connectivity index (χ1) is 12.7. The number of rotatable bonds is 4. The van der Waals surface area contributed by atoms with Crippen molar-refractivity contribution < 1.29 is 9.13 Å². The summed E-state index contributed by atoms with van der Waals surface area (Å²) in [4.78, 5) is 19.6. The minimum absolute atomic E-state index is 0.190. The van der Waals surface area contributed by atoms with Crippen LogP contribution in [-0.2, 0) is 16.8 Å². The number of ether oxygens (including phenoxy) is 1. The normalized spacial score (nSPS) is 24.7. The van der Waals surface area contributed by atoms with Gasteiger partial charge < -0.3 is 15.0 Å². The van der Waals surface area contributed by atoms with Gasteiger partial charge in [-0.05, 0) is 25.2 Å². The molecule has 4 heterocycles. The average molecular weight is 356 g/mol. The van der Waals surface area contributed by atoms with Crippen molar-refractivity contribution in [3.63, 3.8) is 0 Å². The van der Waals surface area contributed by atoms with Crippen molar-refractivity contribution in [1.29, 1.82) is 0 Å². The molecule has 7 nitrogen and oxygen atoms in total. The molecule has 8 heteroatoms. The van der Waals surface area contributed by atoms with Gasteiger partial charge in [0.05, 0.1) is 36.7 Å². The Bertz CT molecular complexity index is 812. The van der Waals surface area contributed by atoms with E-state index in [9.17, 15) is 4.39 Å². The molecule has 1 aliphatic carbocycles. The van der Waals surface area contributed by atoms with Crippen LogP contribution >= 0.6 is 0 Å². The van der Waals surface area contributed by atoms with Crippen LogP contribution in [0.1, 0.15) is 30.5 Å². The topological polar surface area (TPSA) is 76.1 Å². The molecule has 1 N–H and O–H groups in total. The number of hydrogen-bond acceptors (Lipinski definition) is 7. The lowest BCUT2D eigenvalue weighted by molar-refractivity contribution is 0.0557. The quantitative estimate of drug-likeness (QED) is 0.897. The zero-order chi connectivity index (χ0) is 17.6. The number of anilines is 2. The lowest BCUT2D eigenvalue weighted by Gasteiger charge is -2.34. The molecule has 0 radical (unpaired) electrons. The van der Waals surface area contributed by atoms with Crippen molar-refractivity contribution in [2.45, 2.75) is 31.3 Å². The summed E-state index contributed by atoms with van der Waals surface area (Å²) in [6, 6.07) is 0. The fraction of sp³-hybridized carbons (Fsp3) is 0.556. The first-order valence-electron chi connectivity index (χ1n) is 9.12. The molecule has 1 saturated carbocycles. The minimum Gasteiger partial charge on any atom is -0.376 e. The first-order valence-corrected chi connectivity index (χ1v) is 9.12. The molecule has 0 aromatic carbocycles. The maximum Gasteiger partial charge on any atom is 0.225 e. The molecule has 0 unspecified atom stereocenters. The van der Waals surface area contributed by atoms with E-state index in [4.69, 9.17) is 9.72 Å². The zero-order valence-electron chi connectivity index (χ0n) is 14.5. The summed E-state index contributed by atoms with van der Waals surface area (Å²) in [6.45, 7) is 3.62. The van der Waals surface area contributed by atoms with E-state index in [1.54, 1.807) is 0 Å². The van der Waals surface area contributed by atoms with E-state index in [-0.39, 0.29) is 5.41 Å². The predicted molar refractivity (Wildman–Crippen MR) is 93.4 cm³/mol. The molecule has 5 rings (SSSR count). The maximum atomic E-state index is 13.1. The number of hydrogen-bond donors (Lipinski definition) is 1. The van der Waals surface area contributed by atoms with Crippen LogP contribution in [0.5, 0.6) is 0 Å². The molecule has 1 atom stereocenters. The number of nitrogens with zero attached hydrogens (tertiary/aromatic N) is 5. The summed E-state index contributed by atoms with van der Waals surface area (Å²) in [7, 11) is 0. The van der Waals surface area contributed by atoms with Gasteiger partial charge in [-0.2, -0.15) is 0 Å². The number of nitrogens with one attached hydrogen (secondary N) is 1. The molecule has 0 bridgehead atoms. The second-order valence-corrected chi connectivity index (χ2v) is 7.54. The second kappa shape index (κ2) is 6.12. The van der Waals surface area contributed by atoms with Gasteiger partial charge in [0.1, 0.15) is 0 Å². The van der Waals surface area contributed by atoms with Gasteiger partial charge in [0, 0.05) is 31.4 Å². The fourth-order valence-corrected chi connectivity index (χ4v) is 3.86. The van der Waals surface area contributed by atoms with Crippen LogP contribution in [0.2, 0.25) is 0 Å². The fourth-order valence-electron chi connectivity index (χ4n) is 3.86. The van der Waals surface area contributed by atoms with Gasteiger partial charge in [0.15, 0.2) is 5.82 Å². The zero-order valence-corrected chi connectivity index (χ0v) is 14.5. The van der Waals surface area contributed by atoms with Gasteiger partial charge in [0.25, 0.3) is 0 Å². The van der Waals surface area contributed by atoms with E-state index in [0.717, 1.165) is 36.7 Å². The van der Waals surface area contributed by atoms with Crippen LogP contribution in [-0.4, -0.2) is 46.2 Å². The molecule has 2 fully saturated rings. The molecule has 136 valence electrons. The van der Waals surface area contributed by atoms with Crippen LogP contribution in [0, 0.1) is 11.7 Å². The lowest BCUT2D eigenvalue weighted by Crippen LogP contribution is -2.41. The maximum absolute atomic E-state index is 13.1. The Balaban J connectivity index is 1.41. The first kappa shape index (κ1) is 15.9. The summed E-state index contributed by atoms with van der Waals surface area (Å²) in [5.41, 5.74) is 1.93. The molecular formula is C18H21FN6O. The molecule has 0 amide bonds. The molecular weight excluding hydrogens is 335 g/mol. The second-order valence-electron chi connectivity index (χ2n) is 7.54. The number of aromatic nitrogens is 4. The van der Waals surface area contributed by atoms with Gasteiger partial charge in [-0.25, -0.2) is 24.3 Å². The van der Waals surface area contributed by atoms with E-state index in [1.165, 1.54) is 25.2 Å². The third-order valence-corrected chi connectivity index (χ3v) is 5.49.